The number of benzene rings is 4. The number of aromatic nitrogens is 2. The summed E-state index contributed by atoms with van der Waals surface area (Å²) >= 11 is 0. The largest absolute Gasteiger partial charge is 0.506 e. The molecule has 1 N–H and O–H groups in total. The molecule has 3 heterocycles. The van der Waals surface area contributed by atoms with Crippen LogP contribution < -0.4 is 4.90 Å². The van der Waals surface area contributed by atoms with Crippen LogP contribution in [0.5, 0.6) is 5.75 Å². The minimum Gasteiger partial charge on any atom is -0.506 e. The van der Waals surface area contributed by atoms with Gasteiger partial charge in [0.15, 0.2) is 0 Å². The Kier molecular flexibility index (Phi) is 8.32. The average Bonchev–Trinajstić information content (AvgIpc) is 3.04. The normalized spacial score (nSPS) is 13.0. The Morgan fingerprint density at radius 2 is 1.63 bits per heavy atom. The third-order valence-electron chi connectivity index (χ3n) is 8.73. The third kappa shape index (κ3) is 5.40. The first-order valence-corrected chi connectivity index (χ1v) is 15.4. The number of pyridine rings is 2. The molecule has 7 rings (SSSR count). The van der Waals surface area contributed by atoms with E-state index in [0.717, 1.165) is 61.7 Å². The standard InChI is InChI=1S/C41H34N3O.Pt/c1-26(2)31-18-20-37(45)40-32(31)17-19-34(43-40)30-24-29(16-15-28-11-7-6-8-12-28)39-36(25-30)44(38-23-27(3)21-22-42-38)35-14-10-9-13-33(35)41(39,4)5;/h6-14,17-24,26,45H,1-5H3;/q-1;. The summed E-state index contributed by atoms with van der Waals surface area (Å²) in [5.41, 5.74) is 10.1. The Morgan fingerprint density at radius 1 is 0.870 bits per heavy atom. The summed E-state index contributed by atoms with van der Waals surface area (Å²) in [6, 6.07) is 36.4. The predicted molar refractivity (Wildman–Crippen MR) is 184 cm³/mol. The molecule has 0 aliphatic carbocycles. The van der Waals surface area contributed by atoms with Crippen LogP contribution in [-0.4, -0.2) is 15.1 Å². The second-order valence-corrected chi connectivity index (χ2v) is 12.5. The van der Waals surface area contributed by atoms with Gasteiger partial charge >= 0.3 is 0 Å². The predicted octanol–water partition coefficient (Wildman–Crippen LogP) is 9.74. The van der Waals surface area contributed by atoms with Crippen molar-refractivity contribution in [3.63, 3.8) is 0 Å². The molecule has 0 unspecified atom stereocenters. The third-order valence-corrected chi connectivity index (χ3v) is 8.73. The molecule has 0 atom stereocenters. The van der Waals surface area contributed by atoms with Gasteiger partial charge in [-0.25, -0.2) is 4.98 Å². The van der Waals surface area contributed by atoms with E-state index in [1.54, 1.807) is 6.07 Å². The Labute approximate surface area is 285 Å². The molecule has 46 heavy (non-hydrogen) atoms. The molecule has 5 heteroatoms. The van der Waals surface area contributed by atoms with E-state index in [9.17, 15) is 5.11 Å². The van der Waals surface area contributed by atoms with Gasteiger partial charge in [-0.2, -0.15) is 0 Å². The zero-order chi connectivity index (χ0) is 31.3. The van der Waals surface area contributed by atoms with Crippen LogP contribution in [0.1, 0.15) is 67.0 Å². The van der Waals surface area contributed by atoms with Crippen LogP contribution in [0, 0.1) is 24.8 Å². The number of rotatable bonds is 3. The first-order valence-electron chi connectivity index (χ1n) is 15.4. The van der Waals surface area contributed by atoms with Crippen molar-refractivity contribution in [2.45, 2.75) is 46.0 Å². The fourth-order valence-corrected chi connectivity index (χ4v) is 6.48. The van der Waals surface area contributed by atoms with E-state index in [1.165, 1.54) is 5.56 Å². The van der Waals surface area contributed by atoms with Gasteiger partial charge in [-0.15, -0.1) is 17.7 Å². The smallest absolute Gasteiger partial charge is 0.140 e. The second-order valence-electron chi connectivity index (χ2n) is 12.5. The molecule has 1 aliphatic rings. The molecule has 4 aromatic carbocycles. The number of aryl methyl sites for hydroxylation is 1. The summed E-state index contributed by atoms with van der Waals surface area (Å²) in [4.78, 5) is 12.1. The van der Waals surface area contributed by atoms with Gasteiger partial charge in [0.05, 0.1) is 0 Å². The number of aromatic hydroxyl groups is 1. The SMILES string of the molecule is Cc1ccnc(N2c3[c-]c(-c4ccc5c(C(C)C)ccc(O)c5n4)cc(C#Cc4ccccc4)c3C(C)(C)c3ccccc32)c1.[Pt]. The van der Waals surface area contributed by atoms with Gasteiger partial charge in [0.2, 0.25) is 0 Å². The van der Waals surface area contributed by atoms with Gasteiger partial charge in [-0.1, -0.05) is 105 Å². The Hall–Kier alpha value is -4.71. The van der Waals surface area contributed by atoms with Gasteiger partial charge in [0.1, 0.15) is 17.1 Å². The van der Waals surface area contributed by atoms with E-state index in [1.807, 2.05) is 54.7 Å². The first-order chi connectivity index (χ1) is 21.7. The molecule has 0 bridgehead atoms. The van der Waals surface area contributed by atoms with Crippen molar-refractivity contribution in [3.8, 4) is 28.8 Å². The summed E-state index contributed by atoms with van der Waals surface area (Å²) in [5, 5.41) is 11.8. The number of para-hydroxylation sites is 1. The molecule has 0 amide bonds. The van der Waals surface area contributed by atoms with E-state index < -0.39 is 0 Å². The zero-order valence-electron chi connectivity index (χ0n) is 26.5. The van der Waals surface area contributed by atoms with Crippen LogP contribution in [0.4, 0.5) is 17.2 Å². The molecule has 0 spiro atoms. The minimum absolute atomic E-state index is 0. The summed E-state index contributed by atoms with van der Waals surface area (Å²) in [5.74, 6) is 8.25. The molecule has 0 saturated heterocycles. The Balaban J connectivity index is 0.00000372. The van der Waals surface area contributed by atoms with Crippen LogP contribution in [0.25, 0.3) is 22.2 Å². The van der Waals surface area contributed by atoms with Crippen molar-refractivity contribution in [1.29, 1.82) is 0 Å². The van der Waals surface area contributed by atoms with E-state index in [2.05, 4.69) is 99.9 Å². The van der Waals surface area contributed by atoms with Crippen molar-refractivity contribution >= 4 is 28.1 Å². The number of nitrogens with zero attached hydrogens (tertiary/aromatic N) is 3. The van der Waals surface area contributed by atoms with E-state index in [0.29, 0.717) is 11.4 Å². The number of hydrogen-bond acceptors (Lipinski definition) is 4. The molecule has 0 saturated carbocycles. The van der Waals surface area contributed by atoms with Crippen molar-refractivity contribution in [1.82, 2.24) is 9.97 Å². The van der Waals surface area contributed by atoms with E-state index >= 15 is 0 Å². The monoisotopic (exact) mass is 779 g/mol. The fraction of sp³-hybridized carbons (Fsp3) is 0.171. The van der Waals surface area contributed by atoms with Crippen LogP contribution in [-0.2, 0) is 26.5 Å². The number of fused-ring (bicyclic) bond motifs is 3. The van der Waals surface area contributed by atoms with Crippen LogP contribution in [0.3, 0.4) is 0 Å². The van der Waals surface area contributed by atoms with Crippen molar-refractivity contribution < 1.29 is 26.2 Å². The number of phenols is 1. The van der Waals surface area contributed by atoms with Gasteiger partial charge in [-0.05, 0) is 82.7 Å². The summed E-state index contributed by atoms with van der Waals surface area (Å²) in [6.45, 7) is 10.9. The van der Waals surface area contributed by atoms with Crippen molar-refractivity contribution in [2.75, 3.05) is 4.90 Å². The van der Waals surface area contributed by atoms with Crippen molar-refractivity contribution in [2.24, 2.45) is 0 Å². The maximum atomic E-state index is 10.9. The molecule has 4 nitrogen and oxygen atoms in total. The van der Waals surface area contributed by atoms with E-state index in [-0.39, 0.29) is 32.2 Å². The van der Waals surface area contributed by atoms with Gasteiger partial charge in [0, 0.05) is 43.9 Å². The Bertz CT molecular complexity index is 2160. The molecule has 1 aliphatic heterocycles. The second kappa shape index (κ2) is 12.2. The number of anilines is 3. The average molecular weight is 780 g/mol. The van der Waals surface area contributed by atoms with Crippen LogP contribution in [0.15, 0.2) is 103 Å². The van der Waals surface area contributed by atoms with E-state index in [4.69, 9.17) is 9.97 Å². The maximum absolute atomic E-state index is 10.9. The summed E-state index contributed by atoms with van der Waals surface area (Å²) in [6.07, 6.45) is 1.85. The molecular weight excluding hydrogens is 746 g/mol. The molecule has 6 aromatic rings. The summed E-state index contributed by atoms with van der Waals surface area (Å²) < 4.78 is 0. The molecule has 230 valence electrons. The van der Waals surface area contributed by atoms with Crippen molar-refractivity contribution in [3.05, 3.63) is 143 Å². The zero-order valence-corrected chi connectivity index (χ0v) is 28.8. The molecule has 2 aromatic heterocycles. The van der Waals surface area contributed by atoms with Gasteiger partial charge in [0.25, 0.3) is 0 Å². The topological polar surface area (TPSA) is 49.2 Å². The van der Waals surface area contributed by atoms with Crippen LogP contribution in [0.2, 0.25) is 0 Å². The fourth-order valence-electron chi connectivity index (χ4n) is 6.48. The van der Waals surface area contributed by atoms with Gasteiger partial charge < -0.3 is 10.0 Å². The Morgan fingerprint density at radius 3 is 2.39 bits per heavy atom. The first kappa shape index (κ1) is 31.3. The van der Waals surface area contributed by atoms with Crippen LogP contribution >= 0.6 is 0 Å². The summed E-state index contributed by atoms with van der Waals surface area (Å²) in [7, 11) is 0. The van der Waals surface area contributed by atoms with Gasteiger partial charge in [-0.3, -0.25) is 4.98 Å². The quantitative estimate of drug-likeness (QED) is 0.144. The molecule has 0 radical (unpaired) electrons. The minimum atomic E-state index is -0.372. The maximum Gasteiger partial charge on any atom is 0.140 e. The molecule has 0 fully saturated rings. The number of hydrogen-bond donors (Lipinski definition) is 1. The number of phenolic OH excluding ortho intramolecular Hbond substituents is 1. The molecular formula is C41H34N3OPt-.